The van der Waals surface area contributed by atoms with Gasteiger partial charge in [0.1, 0.15) is 17.6 Å². The fourth-order valence-corrected chi connectivity index (χ4v) is 2.83. The Morgan fingerprint density at radius 2 is 1.86 bits per heavy atom. The molecule has 0 radical (unpaired) electrons. The van der Waals surface area contributed by atoms with Crippen molar-refractivity contribution in [3.05, 3.63) is 71.4 Å². The summed E-state index contributed by atoms with van der Waals surface area (Å²) in [6, 6.07) is 12.2. The Kier molecular flexibility index (Phi) is 5.93. The van der Waals surface area contributed by atoms with E-state index in [-0.39, 0.29) is 11.8 Å². The minimum Gasteiger partial charge on any atom is -0.469 e. The van der Waals surface area contributed by atoms with Crippen LogP contribution in [0.15, 0.2) is 57.7 Å². The first kappa shape index (κ1) is 19.4. The van der Waals surface area contributed by atoms with Gasteiger partial charge in [0.25, 0.3) is 0 Å². The number of rotatable bonds is 7. The Morgan fingerprint density at radius 3 is 2.46 bits per heavy atom. The number of nitrogens with one attached hydrogen (secondary N) is 2. The second-order valence-corrected chi connectivity index (χ2v) is 6.79. The summed E-state index contributed by atoms with van der Waals surface area (Å²) in [4.78, 5) is 25.3. The van der Waals surface area contributed by atoms with Crippen LogP contribution in [0.1, 0.15) is 35.5 Å². The molecular formula is C21H23N3O4. The van der Waals surface area contributed by atoms with Gasteiger partial charge in [-0.1, -0.05) is 35.0 Å². The van der Waals surface area contributed by atoms with Crippen molar-refractivity contribution in [3.8, 4) is 0 Å². The highest BCUT2D eigenvalue weighted by atomic mass is 16.5. The molecule has 2 aromatic heterocycles. The molecule has 2 heterocycles. The van der Waals surface area contributed by atoms with Crippen LogP contribution in [0.25, 0.3) is 0 Å². The number of hydrogen-bond donors (Lipinski definition) is 2. The van der Waals surface area contributed by atoms with Crippen LogP contribution in [0.3, 0.4) is 0 Å². The highest BCUT2D eigenvalue weighted by Gasteiger charge is 2.26. The van der Waals surface area contributed by atoms with E-state index in [9.17, 15) is 9.59 Å². The van der Waals surface area contributed by atoms with Crippen LogP contribution in [-0.2, 0) is 16.0 Å². The smallest absolute Gasteiger partial charge is 0.247 e. The number of nitrogens with zero attached hydrogens (tertiary/aromatic N) is 1. The highest BCUT2D eigenvalue weighted by Crippen LogP contribution is 2.22. The van der Waals surface area contributed by atoms with E-state index in [1.165, 1.54) is 0 Å². The van der Waals surface area contributed by atoms with Crippen LogP contribution < -0.4 is 10.6 Å². The summed E-state index contributed by atoms with van der Waals surface area (Å²) in [5, 5.41) is 9.13. The normalized spacial score (nSPS) is 13.0. The lowest BCUT2D eigenvalue weighted by Crippen LogP contribution is -2.44. The van der Waals surface area contributed by atoms with Crippen LogP contribution in [0.4, 0.5) is 5.82 Å². The zero-order chi connectivity index (χ0) is 20.1. The molecule has 0 aliphatic carbocycles. The van der Waals surface area contributed by atoms with Gasteiger partial charge in [-0.2, -0.15) is 0 Å². The molecular weight excluding hydrogens is 358 g/mol. The van der Waals surface area contributed by atoms with Gasteiger partial charge in [-0.05, 0) is 38.5 Å². The number of carbonyl (C=O) groups excluding carboxylic acids is 2. The number of aryl methyl sites for hydroxylation is 2. The molecule has 1 aromatic carbocycles. The Labute approximate surface area is 163 Å². The summed E-state index contributed by atoms with van der Waals surface area (Å²) in [6.07, 6.45) is 1.98. The number of carbonyl (C=O) groups is 2. The maximum Gasteiger partial charge on any atom is 0.247 e. The molecule has 3 rings (SSSR count). The number of aromatic nitrogens is 1. The maximum absolute atomic E-state index is 13.0. The lowest BCUT2D eigenvalue weighted by Gasteiger charge is -2.20. The molecule has 0 fully saturated rings. The maximum atomic E-state index is 13.0. The topological polar surface area (TPSA) is 97.4 Å². The van der Waals surface area contributed by atoms with Crippen LogP contribution >= 0.6 is 0 Å². The van der Waals surface area contributed by atoms with Crippen molar-refractivity contribution in [2.24, 2.45) is 0 Å². The fourth-order valence-electron chi connectivity index (χ4n) is 2.83. The van der Waals surface area contributed by atoms with E-state index in [4.69, 9.17) is 8.94 Å². The van der Waals surface area contributed by atoms with Crippen molar-refractivity contribution in [1.29, 1.82) is 0 Å². The molecule has 3 aromatic rings. The molecule has 28 heavy (non-hydrogen) atoms. The number of anilines is 1. The summed E-state index contributed by atoms with van der Waals surface area (Å²) in [5.41, 5.74) is 1.97. The molecule has 146 valence electrons. The monoisotopic (exact) mass is 381 g/mol. The van der Waals surface area contributed by atoms with Crippen LogP contribution in [0.2, 0.25) is 0 Å². The summed E-state index contributed by atoms with van der Waals surface area (Å²) in [6.45, 7) is 5.34. The van der Waals surface area contributed by atoms with E-state index in [0.717, 1.165) is 11.1 Å². The Morgan fingerprint density at radius 1 is 1.11 bits per heavy atom. The van der Waals surface area contributed by atoms with Crippen molar-refractivity contribution in [1.82, 2.24) is 10.5 Å². The van der Waals surface area contributed by atoms with E-state index >= 15 is 0 Å². The second kappa shape index (κ2) is 8.56. The highest BCUT2D eigenvalue weighted by molar-refractivity contribution is 5.97. The van der Waals surface area contributed by atoms with Gasteiger partial charge >= 0.3 is 0 Å². The van der Waals surface area contributed by atoms with Crippen LogP contribution in [0.5, 0.6) is 0 Å². The Bertz CT molecular complexity index is 929. The first-order valence-electron chi connectivity index (χ1n) is 9.06. The first-order valence-corrected chi connectivity index (χ1v) is 9.06. The molecule has 0 spiro atoms. The SMILES string of the molecule is Cc1ccc(C(Cc2ccco2)C(=O)N[C@@H](C)C(=O)Nc2cc(C)on2)cc1. The predicted molar refractivity (Wildman–Crippen MR) is 104 cm³/mol. The van der Waals surface area contributed by atoms with Gasteiger partial charge in [-0.15, -0.1) is 0 Å². The number of hydrogen-bond acceptors (Lipinski definition) is 5. The Hall–Kier alpha value is -3.35. The molecule has 0 saturated carbocycles. The number of amides is 2. The standard InChI is InChI=1S/C21H23N3O4/c1-13-6-8-16(9-7-13)18(12-17-5-4-10-27-17)21(26)22-15(3)20(25)23-19-11-14(2)28-24-19/h4-11,15,18H,12H2,1-3H3,(H,22,26)(H,23,24,25)/t15-,18?/m0/s1. The van der Waals surface area contributed by atoms with Crippen molar-refractivity contribution >= 4 is 17.6 Å². The van der Waals surface area contributed by atoms with E-state index in [2.05, 4.69) is 15.8 Å². The first-order chi connectivity index (χ1) is 13.4. The minimum atomic E-state index is -0.742. The van der Waals surface area contributed by atoms with Crippen molar-refractivity contribution < 1.29 is 18.5 Å². The van der Waals surface area contributed by atoms with Crippen molar-refractivity contribution in [2.45, 2.75) is 39.2 Å². The zero-order valence-corrected chi connectivity index (χ0v) is 16.1. The third kappa shape index (κ3) is 4.88. The van der Waals surface area contributed by atoms with Gasteiger partial charge in [0.05, 0.1) is 12.2 Å². The molecule has 7 heteroatoms. The lowest BCUT2D eigenvalue weighted by molar-refractivity contribution is -0.127. The molecule has 0 aliphatic heterocycles. The van der Waals surface area contributed by atoms with Gasteiger partial charge in [-0.3, -0.25) is 9.59 Å². The summed E-state index contributed by atoms with van der Waals surface area (Å²) >= 11 is 0. The molecule has 7 nitrogen and oxygen atoms in total. The van der Waals surface area contributed by atoms with E-state index in [1.807, 2.05) is 37.3 Å². The zero-order valence-electron chi connectivity index (χ0n) is 16.1. The predicted octanol–water partition coefficient (Wildman–Crippen LogP) is 3.35. The molecule has 2 atom stereocenters. The summed E-state index contributed by atoms with van der Waals surface area (Å²) in [7, 11) is 0. The molecule has 1 unspecified atom stereocenters. The molecule has 0 saturated heterocycles. The summed E-state index contributed by atoms with van der Waals surface area (Å²) < 4.78 is 10.3. The quantitative estimate of drug-likeness (QED) is 0.654. The fraction of sp³-hybridized carbons (Fsp3) is 0.286. The largest absolute Gasteiger partial charge is 0.469 e. The minimum absolute atomic E-state index is 0.251. The second-order valence-electron chi connectivity index (χ2n) is 6.79. The van der Waals surface area contributed by atoms with Gasteiger partial charge in [-0.25, -0.2) is 0 Å². The average Bonchev–Trinajstić information content (AvgIpc) is 3.32. The van der Waals surface area contributed by atoms with Crippen LogP contribution in [-0.4, -0.2) is 23.0 Å². The Balaban J connectivity index is 1.70. The van der Waals surface area contributed by atoms with E-state index in [1.54, 1.807) is 32.2 Å². The van der Waals surface area contributed by atoms with E-state index < -0.39 is 12.0 Å². The molecule has 2 amide bonds. The number of furan rings is 1. The van der Waals surface area contributed by atoms with Crippen LogP contribution in [0, 0.1) is 13.8 Å². The van der Waals surface area contributed by atoms with Gasteiger partial charge in [0, 0.05) is 12.5 Å². The van der Waals surface area contributed by atoms with Gasteiger partial charge < -0.3 is 19.6 Å². The van der Waals surface area contributed by atoms with Gasteiger partial charge in [0.2, 0.25) is 11.8 Å². The molecule has 2 N–H and O–H groups in total. The summed E-state index contributed by atoms with van der Waals surface area (Å²) in [5.74, 6) is 0.507. The third-order valence-corrected chi connectivity index (χ3v) is 4.41. The lowest BCUT2D eigenvalue weighted by atomic mass is 9.92. The molecule has 0 aliphatic rings. The van der Waals surface area contributed by atoms with Crippen molar-refractivity contribution in [3.63, 3.8) is 0 Å². The average molecular weight is 381 g/mol. The third-order valence-electron chi connectivity index (χ3n) is 4.41. The van der Waals surface area contributed by atoms with Crippen molar-refractivity contribution in [2.75, 3.05) is 5.32 Å². The van der Waals surface area contributed by atoms with Gasteiger partial charge in [0.15, 0.2) is 5.82 Å². The number of benzene rings is 1. The van der Waals surface area contributed by atoms with E-state index in [0.29, 0.717) is 23.8 Å². The molecule has 0 bridgehead atoms.